The smallest absolute Gasteiger partial charge is 0.178 e. The summed E-state index contributed by atoms with van der Waals surface area (Å²) in [6, 6.07) is 3.94. The van der Waals surface area contributed by atoms with E-state index in [0.29, 0.717) is 0 Å². The lowest BCUT2D eigenvalue weighted by molar-refractivity contribution is -0.110. The van der Waals surface area contributed by atoms with Gasteiger partial charge in [-0.3, -0.25) is 4.79 Å². The fourth-order valence-corrected chi connectivity index (χ4v) is 1.39. The molecule has 0 N–H and O–H groups in total. The summed E-state index contributed by atoms with van der Waals surface area (Å²) in [4.78, 5) is 12.1. The van der Waals surface area contributed by atoms with E-state index >= 15 is 0 Å². The fraction of sp³-hybridized carbons (Fsp3) is 0.100. The molecule has 0 aliphatic carbocycles. The number of carbonyl (C=O) groups is 1. The van der Waals surface area contributed by atoms with Gasteiger partial charge in [0.1, 0.15) is 0 Å². The predicted octanol–water partition coefficient (Wildman–Crippen LogP) is 2.91. The van der Waals surface area contributed by atoms with Gasteiger partial charge in [0.05, 0.1) is 0 Å². The minimum Gasteiger partial charge on any atom is -0.290 e. The van der Waals surface area contributed by atoms with E-state index in [2.05, 4.69) is 0 Å². The summed E-state index contributed by atoms with van der Waals surface area (Å²) in [6.45, 7) is 1.83. The van der Waals surface area contributed by atoms with Crippen LogP contribution in [0.15, 0.2) is 35.7 Å². The minimum absolute atomic E-state index is 0.0332. The average molecular weight is 178 g/mol. The van der Waals surface area contributed by atoms with Crippen LogP contribution in [0.4, 0.5) is 0 Å². The first kappa shape index (κ1) is 8.94. The number of rotatable bonds is 3. The molecule has 1 nitrogen and oxygen atoms in total. The maximum absolute atomic E-state index is 11.0. The highest BCUT2D eigenvalue weighted by atomic mass is 32.1. The van der Waals surface area contributed by atoms with Crippen LogP contribution in [0, 0.1) is 0 Å². The molecule has 0 radical (unpaired) electrons. The molecule has 0 spiro atoms. The highest BCUT2D eigenvalue weighted by molar-refractivity contribution is 7.10. The van der Waals surface area contributed by atoms with Crippen LogP contribution in [0.1, 0.15) is 11.8 Å². The molecule has 1 aromatic heterocycles. The van der Waals surface area contributed by atoms with Crippen LogP contribution in [-0.4, -0.2) is 5.78 Å². The Labute approximate surface area is 76.0 Å². The molecular weight excluding hydrogens is 168 g/mol. The van der Waals surface area contributed by atoms with Gasteiger partial charge in [0.15, 0.2) is 5.78 Å². The van der Waals surface area contributed by atoms with Crippen LogP contribution in [0.25, 0.3) is 6.08 Å². The third kappa shape index (κ3) is 2.84. The summed E-state index contributed by atoms with van der Waals surface area (Å²) >= 11 is 1.62. The monoisotopic (exact) mass is 178 g/mol. The molecule has 0 aliphatic rings. The summed E-state index contributed by atoms with van der Waals surface area (Å²) in [5.41, 5.74) is 0. The second-order valence-electron chi connectivity index (χ2n) is 2.25. The standard InChI is InChI=1S/C10H10OS/c1-2-4-9(11)6-7-10-5-3-8-12-10/h2-8H,1H3/b4-2-,7-6+. The molecular formula is C10H10OS. The molecule has 1 heterocycles. The van der Waals surface area contributed by atoms with Gasteiger partial charge < -0.3 is 0 Å². The number of ketones is 1. The highest BCUT2D eigenvalue weighted by Gasteiger charge is 1.88. The van der Waals surface area contributed by atoms with Crippen molar-refractivity contribution in [1.29, 1.82) is 0 Å². The Bertz CT molecular complexity index is 294. The Hall–Kier alpha value is -1.15. The maximum atomic E-state index is 11.0. The molecule has 0 bridgehead atoms. The molecule has 12 heavy (non-hydrogen) atoms. The minimum atomic E-state index is 0.0332. The Kier molecular flexibility index (Phi) is 3.48. The lowest BCUT2D eigenvalue weighted by Crippen LogP contribution is -1.82. The number of hydrogen-bond donors (Lipinski definition) is 0. The van der Waals surface area contributed by atoms with Gasteiger partial charge in [0.25, 0.3) is 0 Å². The Balaban J connectivity index is 2.57. The zero-order valence-electron chi connectivity index (χ0n) is 6.86. The van der Waals surface area contributed by atoms with Crippen LogP contribution in [-0.2, 0) is 4.79 Å². The van der Waals surface area contributed by atoms with Gasteiger partial charge in [-0.15, -0.1) is 11.3 Å². The van der Waals surface area contributed by atoms with Crippen molar-refractivity contribution in [3.05, 3.63) is 40.6 Å². The van der Waals surface area contributed by atoms with E-state index in [9.17, 15) is 4.79 Å². The Morgan fingerprint density at radius 1 is 1.50 bits per heavy atom. The van der Waals surface area contributed by atoms with Crippen LogP contribution < -0.4 is 0 Å². The van der Waals surface area contributed by atoms with E-state index in [1.165, 1.54) is 0 Å². The molecule has 62 valence electrons. The first-order valence-electron chi connectivity index (χ1n) is 3.71. The highest BCUT2D eigenvalue weighted by Crippen LogP contribution is 2.09. The van der Waals surface area contributed by atoms with Crippen molar-refractivity contribution in [2.75, 3.05) is 0 Å². The number of allylic oxidation sites excluding steroid dienone is 3. The maximum Gasteiger partial charge on any atom is 0.178 e. The molecule has 0 unspecified atom stereocenters. The zero-order valence-corrected chi connectivity index (χ0v) is 7.67. The van der Waals surface area contributed by atoms with Crippen molar-refractivity contribution in [2.45, 2.75) is 6.92 Å². The molecule has 0 aromatic carbocycles. The van der Waals surface area contributed by atoms with Gasteiger partial charge in [0.2, 0.25) is 0 Å². The molecule has 1 rings (SSSR count). The van der Waals surface area contributed by atoms with Crippen molar-refractivity contribution in [1.82, 2.24) is 0 Å². The number of thiophene rings is 1. The van der Waals surface area contributed by atoms with Crippen LogP contribution in [0.3, 0.4) is 0 Å². The summed E-state index contributed by atoms with van der Waals surface area (Å²) in [5, 5.41) is 1.99. The first-order valence-corrected chi connectivity index (χ1v) is 4.59. The molecule has 2 heteroatoms. The normalized spacial score (nSPS) is 11.4. The van der Waals surface area contributed by atoms with Gasteiger partial charge in [0, 0.05) is 4.88 Å². The average Bonchev–Trinajstić information content (AvgIpc) is 2.53. The first-order chi connectivity index (χ1) is 5.83. The van der Waals surface area contributed by atoms with Crippen LogP contribution in [0.5, 0.6) is 0 Å². The van der Waals surface area contributed by atoms with E-state index in [-0.39, 0.29) is 5.78 Å². The second kappa shape index (κ2) is 4.67. The Morgan fingerprint density at radius 3 is 2.92 bits per heavy atom. The summed E-state index contributed by atoms with van der Waals surface area (Å²) in [6.07, 6.45) is 6.68. The predicted molar refractivity (Wildman–Crippen MR) is 53.2 cm³/mol. The van der Waals surface area contributed by atoms with Gasteiger partial charge in [-0.1, -0.05) is 12.1 Å². The summed E-state index contributed by atoms with van der Waals surface area (Å²) in [5.74, 6) is 0.0332. The molecule has 0 saturated heterocycles. The quantitative estimate of drug-likeness (QED) is 0.650. The topological polar surface area (TPSA) is 17.1 Å². The zero-order chi connectivity index (χ0) is 8.81. The van der Waals surface area contributed by atoms with E-state index in [0.717, 1.165) is 4.88 Å². The van der Waals surface area contributed by atoms with E-state index in [4.69, 9.17) is 0 Å². The number of carbonyl (C=O) groups excluding carboxylic acids is 1. The SMILES string of the molecule is C/C=C\C(=O)/C=C/c1cccs1. The molecule has 0 fully saturated rings. The van der Waals surface area contributed by atoms with Crippen LogP contribution in [0.2, 0.25) is 0 Å². The van der Waals surface area contributed by atoms with E-state index < -0.39 is 0 Å². The third-order valence-corrected chi connectivity index (χ3v) is 2.12. The van der Waals surface area contributed by atoms with Crippen molar-refractivity contribution in [2.24, 2.45) is 0 Å². The number of hydrogen-bond acceptors (Lipinski definition) is 2. The van der Waals surface area contributed by atoms with E-state index in [1.807, 2.05) is 30.5 Å². The van der Waals surface area contributed by atoms with Gasteiger partial charge in [-0.05, 0) is 36.6 Å². The van der Waals surface area contributed by atoms with Crippen molar-refractivity contribution in [3.63, 3.8) is 0 Å². The molecule has 0 amide bonds. The molecule has 0 aliphatic heterocycles. The van der Waals surface area contributed by atoms with Crippen molar-refractivity contribution >= 4 is 23.2 Å². The Morgan fingerprint density at radius 2 is 2.33 bits per heavy atom. The van der Waals surface area contributed by atoms with E-state index in [1.54, 1.807) is 29.6 Å². The molecule has 0 atom stereocenters. The third-order valence-electron chi connectivity index (χ3n) is 1.29. The van der Waals surface area contributed by atoms with Gasteiger partial charge in [-0.2, -0.15) is 0 Å². The summed E-state index contributed by atoms with van der Waals surface area (Å²) < 4.78 is 0. The summed E-state index contributed by atoms with van der Waals surface area (Å²) in [7, 11) is 0. The van der Waals surface area contributed by atoms with Gasteiger partial charge >= 0.3 is 0 Å². The molecule has 0 saturated carbocycles. The van der Waals surface area contributed by atoms with Gasteiger partial charge in [-0.25, -0.2) is 0 Å². The largest absolute Gasteiger partial charge is 0.290 e. The van der Waals surface area contributed by atoms with Crippen LogP contribution >= 0.6 is 11.3 Å². The lowest BCUT2D eigenvalue weighted by atomic mass is 10.3. The fourth-order valence-electron chi connectivity index (χ4n) is 0.770. The molecule has 1 aromatic rings. The van der Waals surface area contributed by atoms with Crippen molar-refractivity contribution in [3.8, 4) is 0 Å². The lowest BCUT2D eigenvalue weighted by Gasteiger charge is -1.81. The second-order valence-corrected chi connectivity index (χ2v) is 3.23. The van der Waals surface area contributed by atoms with Crippen molar-refractivity contribution < 1.29 is 4.79 Å².